The zero-order valence-electron chi connectivity index (χ0n) is 39.9. The van der Waals surface area contributed by atoms with Gasteiger partial charge in [0, 0.05) is 42.6 Å². The molecule has 0 spiro atoms. The summed E-state index contributed by atoms with van der Waals surface area (Å²) in [4.78, 5) is 10.1. The molecule has 5 heteroatoms. The van der Waals surface area contributed by atoms with E-state index in [9.17, 15) is 5.11 Å². The summed E-state index contributed by atoms with van der Waals surface area (Å²) in [6.07, 6.45) is 2.51. The first-order valence-electron chi connectivity index (χ1n) is 22.5. The van der Waals surface area contributed by atoms with Gasteiger partial charge in [0.1, 0.15) is 11.6 Å². The molecule has 0 radical (unpaired) electrons. The summed E-state index contributed by atoms with van der Waals surface area (Å²) in [6.45, 7) is 10.3. The van der Waals surface area contributed by atoms with Crippen molar-refractivity contribution < 1.29 is 35.8 Å². The molecule has 288 valence electrons. The maximum atomic E-state index is 11.4. The van der Waals surface area contributed by atoms with Gasteiger partial charge in [-0.15, -0.1) is 29.3 Å². The number of fused-ring (bicyclic) bond motifs is 1. The van der Waals surface area contributed by atoms with Crippen LogP contribution in [0, 0.1) is 12.9 Å². The number of imidazole rings is 1. The summed E-state index contributed by atoms with van der Waals surface area (Å²) in [5.74, 6) is 0.672. The molecule has 0 aliphatic carbocycles. The van der Waals surface area contributed by atoms with E-state index >= 15 is 0 Å². The fourth-order valence-corrected chi connectivity index (χ4v) is 7.09. The SMILES string of the molecule is [2H]c1c([2H])c(C([2H])([2H])[2H])c([2H])c([2H])c1-c1ccnc(-c2[c-]c(-c3cccc4c3nc(-c3ccccc3O)n4-c3ccc(C(C)(C)CC)cc3-c3ccccc3)cc(C(C)(C)C)c2)c1.[Pt]. The molecule has 0 saturated carbocycles. The quantitative estimate of drug-likeness (QED) is 0.154. The van der Waals surface area contributed by atoms with Crippen molar-refractivity contribution in [3.8, 4) is 67.5 Å². The number of aromatic nitrogens is 3. The molecule has 0 aliphatic heterocycles. The first-order valence-corrected chi connectivity index (χ1v) is 19.0. The summed E-state index contributed by atoms with van der Waals surface area (Å²) >= 11 is 0. The first-order chi connectivity index (χ1) is 29.8. The minimum Gasteiger partial charge on any atom is -0.507 e. The Kier molecular flexibility index (Phi) is 8.71. The molecule has 57 heavy (non-hydrogen) atoms. The minimum atomic E-state index is -2.82. The van der Waals surface area contributed by atoms with Crippen LogP contribution in [0.1, 0.15) is 74.2 Å². The van der Waals surface area contributed by atoms with Crippen LogP contribution < -0.4 is 0 Å². The van der Waals surface area contributed by atoms with Gasteiger partial charge < -0.3 is 5.11 Å². The zero-order valence-corrected chi connectivity index (χ0v) is 35.1. The van der Waals surface area contributed by atoms with Crippen molar-refractivity contribution in [2.75, 3.05) is 0 Å². The van der Waals surface area contributed by atoms with Gasteiger partial charge in [-0.3, -0.25) is 9.55 Å². The number of para-hydroxylation sites is 2. The van der Waals surface area contributed by atoms with E-state index < -0.39 is 36.6 Å². The molecule has 0 aliphatic rings. The van der Waals surface area contributed by atoms with Crippen molar-refractivity contribution in [3.05, 3.63) is 168 Å². The van der Waals surface area contributed by atoms with Crippen LogP contribution in [-0.2, 0) is 31.9 Å². The molecule has 6 aromatic carbocycles. The average Bonchev–Trinajstić information content (AvgIpc) is 3.64. The van der Waals surface area contributed by atoms with Crippen molar-refractivity contribution in [2.45, 2.75) is 65.6 Å². The minimum absolute atomic E-state index is 0. The third-order valence-corrected chi connectivity index (χ3v) is 10.8. The summed E-state index contributed by atoms with van der Waals surface area (Å²) in [6, 6.07) is 39.2. The number of phenolic OH excluding ortho intramolecular Hbond substituents is 1. The van der Waals surface area contributed by atoms with Gasteiger partial charge in [-0.1, -0.05) is 149 Å². The van der Waals surface area contributed by atoms with Crippen LogP contribution in [0.25, 0.3) is 72.7 Å². The monoisotopic (exact) mass is 932 g/mol. The Morgan fingerprint density at radius 3 is 2.14 bits per heavy atom. The Hall–Kier alpha value is -5.57. The molecule has 2 heterocycles. The van der Waals surface area contributed by atoms with Crippen LogP contribution in [0.15, 0.2) is 146 Å². The molecule has 0 saturated heterocycles. The molecule has 0 fully saturated rings. The zero-order chi connectivity index (χ0) is 45.2. The van der Waals surface area contributed by atoms with Crippen molar-refractivity contribution >= 4 is 11.0 Å². The molecular weight excluding hydrogens is 878 g/mol. The maximum Gasteiger partial charge on any atom is 0.148 e. The Bertz CT molecular complexity index is 3030. The molecule has 2 aromatic heterocycles. The van der Waals surface area contributed by atoms with Crippen LogP contribution in [-0.4, -0.2) is 19.6 Å². The first kappa shape index (κ1) is 31.5. The maximum absolute atomic E-state index is 11.4. The summed E-state index contributed by atoms with van der Waals surface area (Å²) < 4.78 is 60.3. The van der Waals surface area contributed by atoms with Crippen molar-refractivity contribution in [2.24, 2.45) is 0 Å². The van der Waals surface area contributed by atoms with Gasteiger partial charge in [0.05, 0.1) is 27.8 Å². The summed E-state index contributed by atoms with van der Waals surface area (Å²) in [5.41, 5.74) is 9.29. The number of benzene rings is 6. The van der Waals surface area contributed by atoms with Crippen molar-refractivity contribution in [1.29, 1.82) is 0 Å². The normalized spacial score (nSPS) is 13.8. The Morgan fingerprint density at radius 2 is 1.42 bits per heavy atom. The summed E-state index contributed by atoms with van der Waals surface area (Å²) in [5, 5.41) is 11.4. The second-order valence-electron chi connectivity index (χ2n) is 15.9. The van der Waals surface area contributed by atoms with Gasteiger partial charge in [0.2, 0.25) is 0 Å². The molecular formula is C52H48N3OPt-. The van der Waals surface area contributed by atoms with E-state index in [1.54, 1.807) is 30.5 Å². The molecule has 0 unspecified atom stereocenters. The number of hydrogen-bond acceptors (Lipinski definition) is 3. The topological polar surface area (TPSA) is 50.9 Å². The molecule has 0 bridgehead atoms. The predicted octanol–water partition coefficient (Wildman–Crippen LogP) is 13.6. The van der Waals surface area contributed by atoms with Gasteiger partial charge in [-0.2, -0.15) is 0 Å². The van der Waals surface area contributed by atoms with E-state index in [2.05, 4.69) is 88.6 Å². The van der Waals surface area contributed by atoms with Gasteiger partial charge in [0.25, 0.3) is 0 Å². The number of rotatable bonds is 8. The third-order valence-electron chi connectivity index (χ3n) is 10.8. The van der Waals surface area contributed by atoms with Crippen LogP contribution in [0.3, 0.4) is 0 Å². The van der Waals surface area contributed by atoms with Gasteiger partial charge >= 0.3 is 0 Å². The number of pyridine rings is 1. The number of aromatic hydroxyl groups is 1. The van der Waals surface area contributed by atoms with E-state index in [4.69, 9.17) is 19.6 Å². The molecule has 0 amide bonds. The molecule has 4 nitrogen and oxygen atoms in total. The fourth-order valence-electron chi connectivity index (χ4n) is 7.09. The molecule has 8 rings (SSSR count). The van der Waals surface area contributed by atoms with E-state index in [-0.39, 0.29) is 43.2 Å². The molecule has 8 aromatic rings. The number of nitrogens with zero attached hydrogens (tertiary/aromatic N) is 3. The summed E-state index contributed by atoms with van der Waals surface area (Å²) in [7, 11) is 0. The molecule has 0 atom stereocenters. The van der Waals surface area contributed by atoms with Gasteiger partial charge in [0.15, 0.2) is 0 Å². The van der Waals surface area contributed by atoms with Crippen molar-refractivity contribution in [3.63, 3.8) is 0 Å². The Morgan fingerprint density at radius 1 is 0.702 bits per heavy atom. The van der Waals surface area contributed by atoms with Gasteiger partial charge in [-0.05, 0) is 82.8 Å². The standard InChI is InChI=1S/C52H48N3O.Pt/c1-8-52(6,7)40-25-26-46(44(33-40)36-15-10-9-11-16-36)55-47-19-14-18-42(49(47)54-50(55)43-17-12-13-20-48(43)56)38-29-39(31-41(30-38)51(3,4)5)45-32-37(27-28-53-45)35-23-21-34(2)22-24-35;/h9-28,30-33,56H,8H2,1-7H3;/q-1;/i2D3,21D,22D,23D,24D;. The third kappa shape index (κ3) is 7.76. The fraction of sp³-hybridized carbons (Fsp3) is 0.192. The Balaban J connectivity index is 0.00000612. The smallest absolute Gasteiger partial charge is 0.148 e. The largest absolute Gasteiger partial charge is 0.507 e. The molecule has 1 N–H and O–H groups in total. The number of hydrogen-bond donors (Lipinski definition) is 1. The van der Waals surface area contributed by atoms with Crippen LogP contribution in [0.5, 0.6) is 5.75 Å². The second-order valence-corrected chi connectivity index (χ2v) is 15.9. The van der Waals surface area contributed by atoms with E-state index in [1.165, 1.54) is 5.56 Å². The van der Waals surface area contributed by atoms with Gasteiger partial charge in [-0.25, -0.2) is 4.98 Å². The van der Waals surface area contributed by atoms with Crippen LogP contribution >= 0.6 is 0 Å². The predicted molar refractivity (Wildman–Crippen MR) is 233 cm³/mol. The van der Waals surface area contributed by atoms with E-state index in [0.717, 1.165) is 45.4 Å². The van der Waals surface area contributed by atoms with Crippen LogP contribution in [0.2, 0.25) is 0 Å². The Labute approximate surface area is 361 Å². The van der Waals surface area contributed by atoms with E-state index in [0.29, 0.717) is 33.7 Å². The van der Waals surface area contributed by atoms with Crippen LogP contribution in [0.4, 0.5) is 0 Å². The average molecular weight is 933 g/mol. The van der Waals surface area contributed by atoms with Crippen molar-refractivity contribution in [1.82, 2.24) is 14.5 Å². The van der Waals surface area contributed by atoms with E-state index in [1.807, 2.05) is 54.6 Å². The number of phenols is 1. The second kappa shape index (κ2) is 15.8.